The van der Waals surface area contributed by atoms with Crippen molar-refractivity contribution in [3.8, 4) is 5.75 Å². The highest BCUT2D eigenvalue weighted by molar-refractivity contribution is 5.50. The molecule has 0 spiro atoms. The number of allylic oxidation sites excluding steroid dienone is 3. The highest BCUT2D eigenvalue weighted by Crippen LogP contribution is 2.40. The van der Waals surface area contributed by atoms with E-state index < -0.39 is 5.72 Å². The van der Waals surface area contributed by atoms with Crippen LogP contribution >= 0.6 is 0 Å². The number of benzene rings is 1. The summed E-state index contributed by atoms with van der Waals surface area (Å²) in [7, 11) is 5.12. The second kappa shape index (κ2) is 6.71. The van der Waals surface area contributed by atoms with Crippen molar-refractivity contribution in [2.24, 2.45) is 0 Å². The summed E-state index contributed by atoms with van der Waals surface area (Å²) in [5, 5.41) is 1.91. The molecule has 0 saturated heterocycles. The van der Waals surface area contributed by atoms with Crippen LogP contribution in [0, 0.1) is 0 Å². The fourth-order valence-electron chi connectivity index (χ4n) is 3.32. The number of hydrogen-bond donors (Lipinski definition) is 0. The van der Waals surface area contributed by atoms with E-state index in [4.69, 9.17) is 14.3 Å². The lowest BCUT2D eigenvalue weighted by Crippen LogP contribution is -2.55. The minimum atomic E-state index is -0.613. The second-order valence-electron chi connectivity index (χ2n) is 5.67. The van der Waals surface area contributed by atoms with Crippen molar-refractivity contribution >= 4 is 0 Å². The van der Waals surface area contributed by atoms with E-state index in [2.05, 4.69) is 36.4 Å². The summed E-state index contributed by atoms with van der Waals surface area (Å²) < 4.78 is 11.3. The predicted molar refractivity (Wildman–Crippen MR) is 90.1 cm³/mol. The monoisotopic (exact) mass is 313 g/mol. The molecule has 0 saturated carbocycles. The first-order chi connectivity index (χ1) is 11.2. The average molecular weight is 313 g/mol. The van der Waals surface area contributed by atoms with Crippen LogP contribution in [0.5, 0.6) is 5.75 Å². The van der Waals surface area contributed by atoms with Crippen molar-refractivity contribution in [1.29, 1.82) is 0 Å². The lowest BCUT2D eigenvalue weighted by atomic mass is 9.83. The Morgan fingerprint density at radius 2 is 1.87 bits per heavy atom. The summed E-state index contributed by atoms with van der Waals surface area (Å²) in [5.41, 5.74) is 2.95. The van der Waals surface area contributed by atoms with Crippen LogP contribution in [-0.2, 0) is 16.0 Å². The first-order valence-electron chi connectivity index (χ1n) is 7.81. The maximum atomic E-state index is 6.04. The van der Waals surface area contributed by atoms with Gasteiger partial charge in [-0.05, 0) is 29.7 Å². The summed E-state index contributed by atoms with van der Waals surface area (Å²) in [5.74, 6) is 0.854. The van der Waals surface area contributed by atoms with Crippen LogP contribution in [0.15, 0.2) is 59.7 Å². The molecule has 1 aliphatic heterocycles. The van der Waals surface area contributed by atoms with E-state index in [-0.39, 0.29) is 0 Å². The molecule has 0 radical (unpaired) electrons. The Morgan fingerprint density at radius 1 is 1.09 bits per heavy atom. The molecular weight excluding hydrogens is 290 g/mol. The van der Waals surface area contributed by atoms with Gasteiger partial charge in [0.2, 0.25) is 0 Å². The molecule has 4 heteroatoms. The van der Waals surface area contributed by atoms with Gasteiger partial charge in [0, 0.05) is 25.6 Å². The van der Waals surface area contributed by atoms with E-state index >= 15 is 0 Å². The van der Waals surface area contributed by atoms with Crippen molar-refractivity contribution in [3.05, 3.63) is 65.3 Å². The standard InChI is InChI=1S/C19H23NO3/c1-21-17-10-8-15(9-11-17)14-19(22-2)18-7-5-4-6-16(18)12-13-20(19)23-3/h4,6-12H,5,13-14H2,1-3H3. The number of hydroxylamine groups is 2. The molecule has 3 rings (SSSR count). The van der Waals surface area contributed by atoms with E-state index in [0.717, 1.165) is 12.2 Å². The summed E-state index contributed by atoms with van der Waals surface area (Å²) >= 11 is 0. The van der Waals surface area contributed by atoms with Gasteiger partial charge in [-0.15, -0.1) is 5.06 Å². The summed E-state index contributed by atoms with van der Waals surface area (Å²) in [6.07, 6.45) is 10.4. The van der Waals surface area contributed by atoms with Gasteiger partial charge in [-0.3, -0.25) is 4.84 Å². The SMILES string of the molecule is COc1ccc(CC2(OC)C3=CCC=CC3=CCN2OC)cc1. The normalized spacial score (nSPS) is 24.0. The zero-order chi connectivity index (χ0) is 16.3. The van der Waals surface area contributed by atoms with Gasteiger partial charge >= 0.3 is 0 Å². The van der Waals surface area contributed by atoms with Crippen molar-refractivity contribution < 1.29 is 14.3 Å². The summed E-state index contributed by atoms with van der Waals surface area (Å²) in [6, 6.07) is 8.10. The van der Waals surface area contributed by atoms with Gasteiger partial charge in [0.05, 0.1) is 14.2 Å². The molecule has 0 amide bonds. The third-order valence-electron chi connectivity index (χ3n) is 4.53. The van der Waals surface area contributed by atoms with Gasteiger partial charge in [-0.25, -0.2) is 0 Å². The quantitative estimate of drug-likeness (QED) is 0.835. The number of fused-ring (bicyclic) bond motifs is 1. The summed E-state index contributed by atoms with van der Waals surface area (Å²) in [6.45, 7) is 0.692. The van der Waals surface area contributed by atoms with Crippen LogP contribution in [0.25, 0.3) is 0 Å². The Labute approximate surface area is 137 Å². The molecule has 0 N–H and O–H groups in total. The third kappa shape index (κ3) is 2.85. The molecule has 122 valence electrons. The van der Waals surface area contributed by atoms with Crippen LogP contribution in [0.1, 0.15) is 12.0 Å². The zero-order valence-electron chi connectivity index (χ0n) is 13.9. The van der Waals surface area contributed by atoms with E-state index in [1.807, 2.05) is 17.2 Å². The molecule has 4 nitrogen and oxygen atoms in total. The second-order valence-corrected chi connectivity index (χ2v) is 5.67. The molecule has 2 aliphatic rings. The van der Waals surface area contributed by atoms with Gasteiger partial charge < -0.3 is 9.47 Å². The molecule has 1 aromatic carbocycles. The van der Waals surface area contributed by atoms with Crippen LogP contribution in [0.2, 0.25) is 0 Å². The molecule has 0 fully saturated rings. The zero-order valence-corrected chi connectivity index (χ0v) is 13.9. The maximum absolute atomic E-state index is 6.04. The first kappa shape index (κ1) is 16.0. The van der Waals surface area contributed by atoms with E-state index in [0.29, 0.717) is 13.0 Å². The van der Waals surface area contributed by atoms with Crippen LogP contribution < -0.4 is 4.74 Å². The Balaban J connectivity index is 1.98. The lowest BCUT2D eigenvalue weighted by molar-refractivity contribution is -0.269. The number of methoxy groups -OCH3 is 2. The molecular formula is C19H23NO3. The topological polar surface area (TPSA) is 30.9 Å². The fourth-order valence-corrected chi connectivity index (χ4v) is 3.32. The van der Waals surface area contributed by atoms with E-state index in [9.17, 15) is 0 Å². The van der Waals surface area contributed by atoms with Gasteiger partial charge in [0.1, 0.15) is 5.75 Å². The molecule has 1 aromatic rings. The van der Waals surface area contributed by atoms with Gasteiger partial charge in [-0.2, -0.15) is 0 Å². The van der Waals surface area contributed by atoms with Gasteiger partial charge in [-0.1, -0.05) is 36.4 Å². The smallest absolute Gasteiger partial charge is 0.173 e. The Morgan fingerprint density at radius 3 is 2.52 bits per heavy atom. The first-order valence-corrected chi connectivity index (χ1v) is 7.81. The molecule has 0 bridgehead atoms. The van der Waals surface area contributed by atoms with Crippen LogP contribution in [-0.4, -0.2) is 38.7 Å². The van der Waals surface area contributed by atoms with E-state index in [1.165, 1.54) is 16.7 Å². The molecule has 23 heavy (non-hydrogen) atoms. The predicted octanol–water partition coefficient (Wildman–Crippen LogP) is 3.27. The maximum Gasteiger partial charge on any atom is 0.173 e. The largest absolute Gasteiger partial charge is 0.497 e. The molecule has 1 atom stereocenters. The third-order valence-corrected chi connectivity index (χ3v) is 4.53. The van der Waals surface area contributed by atoms with Crippen LogP contribution in [0.3, 0.4) is 0 Å². The Kier molecular flexibility index (Phi) is 4.66. The van der Waals surface area contributed by atoms with Gasteiger partial charge in [0.25, 0.3) is 0 Å². The molecule has 1 heterocycles. The molecule has 0 aromatic heterocycles. The number of rotatable bonds is 5. The van der Waals surface area contributed by atoms with Crippen molar-refractivity contribution in [1.82, 2.24) is 5.06 Å². The highest BCUT2D eigenvalue weighted by Gasteiger charge is 2.44. The number of nitrogens with zero attached hydrogens (tertiary/aromatic N) is 1. The minimum Gasteiger partial charge on any atom is -0.497 e. The highest BCUT2D eigenvalue weighted by atomic mass is 16.7. The Bertz CT molecular complexity index is 645. The number of hydrogen-bond acceptors (Lipinski definition) is 4. The molecule has 1 unspecified atom stereocenters. The minimum absolute atomic E-state index is 0.613. The molecule has 1 aliphatic carbocycles. The van der Waals surface area contributed by atoms with E-state index in [1.54, 1.807) is 21.3 Å². The Hall–Kier alpha value is -1.88. The van der Waals surface area contributed by atoms with Crippen molar-refractivity contribution in [2.45, 2.75) is 18.6 Å². The average Bonchev–Trinajstić information content (AvgIpc) is 2.62. The summed E-state index contributed by atoms with van der Waals surface area (Å²) in [4.78, 5) is 5.64. The van der Waals surface area contributed by atoms with Crippen molar-refractivity contribution in [3.63, 3.8) is 0 Å². The fraction of sp³-hybridized carbons (Fsp3) is 0.368. The van der Waals surface area contributed by atoms with Gasteiger partial charge in [0.15, 0.2) is 5.72 Å². The lowest BCUT2D eigenvalue weighted by Gasteiger charge is -2.46. The van der Waals surface area contributed by atoms with Crippen molar-refractivity contribution in [2.75, 3.05) is 27.9 Å². The van der Waals surface area contributed by atoms with Crippen LogP contribution in [0.4, 0.5) is 0 Å². The number of ether oxygens (including phenoxy) is 2.